The SMILES string of the molecule is CCC1COCCN1c1nc(NC)nc(OC)n1. The van der Waals surface area contributed by atoms with Gasteiger partial charge in [0.1, 0.15) is 0 Å². The van der Waals surface area contributed by atoms with Crippen LogP contribution in [0.1, 0.15) is 13.3 Å². The first kappa shape index (κ1) is 12.8. The van der Waals surface area contributed by atoms with E-state index in [4.69, 9.17) is 9.47 Å². The van der Waals surface area contributed by atoms with Crippen LogP contribution in [0.25, 0.3) is 0 Å². The number of nitrogens with zero attached hydrogens (tertiary/aromatic N) is 4. The van der Waals surface area contributed by atoms with Crippen LogP contribution in [-0.2, 0) is 4.74 Å². The third-order valence-electron chi connectivity index (χ3n) is 2.96. The van der Waals surface area contributed by atoms with Gasteiger partial charge >= 0.3 is 6.01 Å². The highest BCUT2D eigenvalue weighted by Gasteiger charge is 2.24. The predicted octanol–water partition coefficient (Wildman–Crippen LogP) is 0.537. The van der Waals surface area contributed by atoms with Gasteiger partial charge in [0.2, 0.25) is 11.9 Å². The average Bonchev–Trinajstić information content (AvgIpc) is 2.46. The third kappa shape index (κ3) is 2.61. The molecule has 1 atom stereocenters. The van der Waals surface area contributed by atoms with Gasteiger partial charge in [-0.25, -0.2) is 0 Å². The van der Waals surface area contributed by atoms with Crippen molar-refractivity contribution in [2.75, 3.05) is 44.1 Å². The first-order chi connectivity index (χ1) is 8.78. The van der Waals surface area contributed by atoms with Crippen LogP contribution in [-0.4, -0.2) is 54.9 Å². The summed E-state index contributed by atoms with van der Waals surface area (Å²) in [6.45, 7) is 4.32. The van der Waals surface area contributed by atoms with Gasteiger partial charge in [0.05, 0.1) is 26.4 Å². The van der Waals surface area contributed by atoms with E-state index in [9.17, 15) is 0 Å². The van der Waals surface area contributed by atoms with E-state index >= 15 is 0 Å². The number of hydrogen-bond donors (Lipinski definition) is 1. The van der Waals surface area contributed by atoms with E-state index in [1.807, 2.05) is 0 Å². The fourth-order valence-electron chi connectivity index (χ4n) is 1.93. The molecule has 18 heavy (non-hydrogen) atoms. The Bertz CT molecular complexity index is 379. The lowest BCUT2D eigenvalue weighted by atomic mass is 10.2. The van der Waals surface area contributed by atoms with Crippen molar-refractivity contribution in [3.8, 4) is 6.01 Å². The van der Waals surface area contributed by atoms with Crippen LogP contribution in [0, 0.1) is 0 Å². The number of morpholine rings is 1. The summed E-state index contributed by atoms with van der Waals surface area (Å²) in [5, 5.41) is 2.91. The van der Waals surface area contributed by atoms with Crippen molar-refractivity contribution < 1.29 is 9.47 Å². The molecule has 0 amide bonds. The molecule has 1 aliphatic rings. The molecule has 0 saturated carbocycles. The Morgan fingerprint density at radius 2 is 2.28 bits per heavy atom. The first-order valence-corrected chi connectivity index (χ1v) is 6.10. The van der Waals surface area contributed by atoms with Crippen LogP contribution >= 0.6 is 0 Å². The van der Waals surface area contributed by atoms with Crippen LogP contribution in [0.2, 0.25) is 0 Å². The zero-order chi connectivity index (χ0) is 13.0. The zero-order valence-electron chi connectivity index (χ0n) is 11.0. The number of rotatable bonds is 4. The molecule has 1 saturated heterocycles. The Kier molecular flexibility index (Phi) is 4.14. The van der Waals surface area contributed by atoms with Crippen molar-refractivity contribution >= 4 is 11.9 Å². The second-order valence-electron chi connectivity index (χ2n) is 4.03. The summed E-state index contributed by atoms with van der Waals surface area (Å²) < 4.78 is 10.6. The molecule has 0 aromatic carbocycles. The topological polar surface area (TPSA) is 72.4 Å². The Hall–Kier alpha value is -1.63. The molecule has 1 unspecified atom stereocenters. The maximum Gasteiger partial charge on any atom is 0.322 e. The number of aromatic nitrogens is 3. The molecule has 7 nitrogen and oxygen atoms in total. The summed E-state index contributed by atoms with van der Waals surface area (Å²) >= 11 is 0. The standard InChI is InChI=1S/C11H19N5O2/c1-4-8-7-18-6-5-16(8)10-13-9(12-2)14-11(15-10)17-3/h8H,4-7H2,1-3H3,(H,12,13,14,15). The molecular formula is C11H19N5O2. The van der Waals surface area contributed by atoms with E-state index in [-0.39, 0.29) is 0 Å². The monoisotopic (exact) mass is 253 g/mol. The summed E-state index contributed by atoms with van der Waals surface area (Å²) in [6, 6.07) is 0.626. The lowest BCUT2D eigenvalue weighted by Crippen LogP contribution is -2.46. The van der Waals surface area contributed by atoms with Gasteiger partial charge in [-0.2, -0.15) is 15.0 Å². The molecule has 0 radical (unpaired) electrons. The number of anilines is 2. The van der Waals surface area contributed by atoms with E-state index in [1.54, 1.807) is 14.2 Å². The molecule has 1 aromatic rings. The largest absolute Gasteiger partial charge is 0.467 e. The van der Waals surface area contributed by atoms with Crippen molar-refractivity contribution in [1.29, 1.82) is 0 Å². The molecule has 1 fully saturated rings. The number of nitrogens with one attached hydrogen (secondary N) is 1. The molecule has 1 N–H and O–H groups in total. The highest BCUT2D eigenvalue weighted by Crippen LogP contribution is 2.20. The van der Waals surface area contributed by atoms with Crippen molar-refractivity contribution in [2.45, 2.75) is 19.4 Å². The van der Waals surface area contributed by atoms with Gasteiger partial charge in [0.25, 0.3) is 0 Å². The van der Waals surface area contributed by atoms with E-state index < -0.39 is 0 Å². The van der Waals surface area contributed by atoms with Gasteiger partial charge < -0.3 is 19.7 Å². The minimum absolute atomic E-state index is 0.301. The van der Waals surface area contributed by atoms with Crippen LogP contribution in [0.5, 0.6) is 6.01 Å². The Labute approximate surface area is 107 Å². The van der Waals surface area contributed by atoms with Gasteiger partial charge in [-0.1, -0.05) is 6.92 Å². The van der Waals surface area contributed by atoms with Gasteiger partial charge in [-0.05, 0) is 6.42 Å². The van der Waals surface area contributed by atoms with E-state index in [2.05, 4.69) is 32.1 Å². The fraction of sp³-hybridized carbons (Fsp3) is 0.727. The molecule has 1 aliphatic heterocycles. The quantitative estimate of drug-likeness (QED) is 0.839. The molecule has 2 rings (SSSR count). The first-order valence-electron chi connectivity index (χ1n) is 6.10. The minimum atomic E-state index is 0.301. The van der Waals surface area contributed by atoms with Gasteiger partial charge in [-0.15, -0.1) is 0 Å². The number of methoxy groups -OCH3 is 1. The maximum atomic E-state index is 5.48. The molecule has 1 aromatic heterocycles. The second-order valence-corrected chi connectivity index (χ2v) is 4.03. The van der Waals surface area contributed by atoms with E-state index in [1.165, 1.54) is 0 Å². The van der Waals surface area contributed by atoms with Crippen LogP contribution < -0.4 is 15.0 Å². The van der Waals surface area contributed by atoms with E-state index in [0.717, 1.165) is 13.0 Å². The minimum Gasteiger partial charge on any atom is -0.467 e. The summed E-state index contributed by atoms with van der Waals surface area (Å²) in [6.07, 6.45) is 0.989. The van der Waals surface area contributed by atoms with Crippen molar-refractivity contribution in [3.05, 3.63) is 0 Å². The normalized spacial score (nSPS) is 19.7. The number of ether oxygens (including phenoxy) is 2. The summed E-state index contributed by atoms with van der Waals surface area (Å²) in [7, 11) is 3.32. The Morgan fingerprint density at radius 1 is 1.44 bits per heavy atom. The summed E-state index contributed by atoms with van der Waals surface area (Å²) in [4.78, 5) is 14.9. The predicted molar refractivity (Wildman–Crippen MR) is 68.2 cm³/mol. The molecule has 0 aliphatic carbocycles. The molecule has 7 heteroatoms. The molecule has 100 valence electrons. The van der Waals surface area contributed by atoms with Crippen LogP contribution in [0.4, 0.5) is 11.9 Å². The average molecular weight is 253 g/mol. The Balaban J connectivity index is 2.29. The van der Waals surface area contributed by atoms with E-state index in [0.29, 0.717) is 37.2 Å². The second kappa shape index (κ2) is 5.81. The van der Waals surface area contributed by atoms with Gasteiger partial charge in [-0.3, -0.25) is 0 Å². The highest BCUT2D eigenvalue weighted by atomic mass is 16.5. The lowest BCUT2D eigenvalue weighted by molar-refractivity contribution is 0.0920. The summed E-state index contributed by atoms with van der Waals surface area (Å²) in [5.41, 5.74) is 0. The highest BCUT2D eigenvalue weighted by molar-refractivity contribution is 5.39. The molecule has 0 bridgehead atoms. The van der Waals surface area contributed by atoms with Crippen LogP contribution in [0.3, 0.4) is 0 Å². The Morgan fingerprint density at radius 3 is 2.94 bits per heavy atom. The lowest BCUT2D eigenvalue weighted by Gasteiger charge is -2.35. The van der Waals surface area contributed by atoms with Crippen molar-refractivity contribution in [2.24, 2.45) is 0 Å². The maximum absolute atomic E-state index is 5.48. The summed E-state index contributed by atoms with van der Waals surface area (Å²) in [5.74, 6) is 1.15. The molecular weight excluding hydrogens is 234 g/mol. The van der Waals surface area contributed by atoms with Crippen molar-refractivity contribution in [3.63, 3.8) is 0 Å². The molecule has 2 heterocycles. The fourth-order valence-corrected chi connectivity index (χ4v) is 1.93. The van der Waals surface area contributed by atoms with Crippen LogP contribution in [0.15, 0.2) is 0 Å². The molecule has 0 spiro atoms. The zero-order valence-corrected chi connectivity index (χ0v) is 11.0. The number of hydrogen-bond acceptors (Lipinski definition) is 7. The van der Waals surface area contributed by atoms with Gasteiger partial charge in [0.15, 0.2) is 0 Å². The third-order valence-corrected chi connectivity index (χ3v) is 2.96. The van der Waals surface area contributed by atoms with Gasteiger partial charge in [0, 0.05) is 13.6 Å². The van der Waals surface area contributed by atoms with Crippen molar-refractivity contribution in [1.82, 2.24) is 15.0 Å². The smallest absolute Gasteiger partial charge is 0.322 e.